The molecule has 0 N–H and O–H groups in total. The summed E-state index contributed by atoms with van der Waals surface area (Å²) in [6, 6.07) is 12.2. The lowest BCUT2D eigenvalue weighted by Crippen LogP contribution is -2.08. The maximum Gasteiger partial charge on any atom is 0.213 e. The van der Waals surface area contributed by atoms with Crippen molar-refractivity contribution in [3.05, 3.63) is 41.4 Å². The number of fused-ring (bicyclic) bond motifs is 1. The number of benzene rings is 2. The van der Waals surface area contributed by atoms with Crippen LogP contribution >= 0.6 is 11.3 Å². The van der Waals surface area contributed by atoms with Crippen LogP contribution in [0.4, 0.5) is 5.69 Å². The van der Waals surface area contributed by atoms with Crippen molar-refractivity contribution >= 4 is 22.0 Å². The van der Waals surface area contributed by atoms with Crippen molar-refractivity contribution in [2.75, 3.05) is 40.3 Å². The highest BCUT2D eigenvalue weighted by Gasteiger charge is 2.22. The Morgan fingerprint density at radius 2 is 1.58 bits per heavy atom. The molecule has 0 radical (unpaired) electrons. The molecule has 0 spiro atoms. The molecule has 0 unspecified atom stereocenters. The van der Waals surface area contributed by atoms with Crippen molar-refractivity contribution < 1.29 is 14.2 Å². The molecule has 31 heavy (non-hydrogen) atoms. The average Bonchev–Trinajstić information content (AvgIpc) is 3.35. The molecule has 0 saturated carbocycles. The first-order chi connectivity index (χ1) is 15.0. The van der Waals surface area contributed by atoms with Crippen LogP contribution in [0.1, 0.15) is 11.9 Å². The summed E-state index contributed by atoms with van der Waals surface area (Å²) in [7, 11) is 8.88. The first kappa shape index (κ1) is 21.0. The van der Waals surface area contributed by atoms with Crippen LogP contribution < -0.4 is 19.1 Å². The van der Waals surface area contributed by atoms with E-state index in [9.17, 15) is 0 Å². The monoisotopic (exact) mass is 438 g/mol. The van der Waals surface area contributed by atoms with Gasteiger partial charge in [0.05, 0.1) is 21.3 Å². The molecule has 2 aromatic carbocycles. The molecule has 4 aromatic rings. The normalized spacial score (nSPS) is 11.0. The number of aryl methyl sites for hydroxylation is 1. The Morgan fingerprint density at radius 3 is 2.10 bits per heavy atom. The zero-order chi connectivity index (χ0) is 22.1. The minimum atomic E-state index is 0.554. The average molecular weight is 439 g/mol. The quantitative estimate of drug-likeness (QED) is 0.414. The third-order valence-electron chi connectivity index (χ3n) is 5.14. The first-order valence-electron chi connectivity index (χ1n) is 9.97. The maximum absolute atomic E-state index is 5.56. The van der Waals surface area contributed by atoms with Crippen LogP contribution in [0.15, 0.2) is 36.4 Å². The first-order valence-corrected chi connectivity index (χ1v) is 10.8. The number of ether oxygens (including phenoxy) is 3. The molecule has 0 aliphatic heterocycles. The van der Waals surface area contributed by atoms with Crippen LogP contribution in [0.2, 0.25) is 0 Å². The Balaban J connectivity index is 1.97. The molecule has 0 aliphatic rings. The van der Waals surface area contributed by atoms with E-state index >= 15 is 0 Å². The Labute approximate surface area is 185 Å². The Bertz CT molecular complexity index is 1190. The summed E-state index contributed by atoms with van der Waals surface area (Å²) in [5, 5.41) is 5.85. The van der Waals surface area contributed by atoms with Gasteiger partial charge in [0.1, 0.15) is 16.4 Å². The van der Waals surface area contributed by atoms with E-state index in [-0.39, 0.29) is 0 Å². The molecule has 8 heteroatoms. The lowest BCUT2D eigenvalue weighted by atomic mass is 10.0. The van der Waals surface area contributed by atoms with E-state index in [0.717, 1.165) is 44.6 Å². The van der Waals surface area contributed by atoms with Gasteiger partial charge in [0, 0.05) is 30.9 Å². The molecular weight excluding hydrogens is 412 g/mol. The standard InChI is InChI=1S/C23H26N4O3S/c1-7-19-25-27-21(14-8-10-16(11-9-14)26(2)3)20(24-23(27)31-19)15-12-17(28-4)22(30-6)18(13-15)29-5/h8-13H,7H2,1-6H3. The molecule has 162 valence electrons. The second-order valence-electron chi connectivity index (χ2n) is 7.21. The van der Waals surface area contributed by atoms with Crippen LogP contribution in [-0.2, 0) is 6.42 Å². The summed E-state index contributed by atoms with van der Waals surface area (Å²) in [5.74, 6) is 1.73. The fourth-order valence-corrected chi connectivity index (χ4v) is 4.36. The minimum absolute atomic E-state index is 0.554. The van der Waals surface area contributed by atoms with E-state index < -0.39 is 0 Å². The van der Waals surface area contributed by atoms with Crippen molar-refractivity contribution in [3.63, 3.8) is 0 Å². The third kappa shape index (κ3) is 3.67. The molecule has 2 aromatic heterocycles. The maximum atomic E-state index is 5.56. The number of aromatic nitrogens is 3. The molecule has 4 rings (SSSR count). The van der Waals surface area contributed by atoms with Gasteiger partial charge in [-0.1, -0.05) is 30.4 Å². The van der Waals surface area contributed by atoms with E-state index in [0.29, 0.717) is 17.2 Å². The summed E-state index contributed by atoms with van der Waals surface area (Å²) in [6.07, 6.45) is 0.868. The highest BCUT2D eigenvalue weighted by Crippen LogP contribution is 2.43. The number of rotatable bonds is 7. The summed E-state index contributed by atoms with van der Waals surface area (Å²) in [6.45, 7) is 2.10. The second-order valence-corrected chi connectivity index (χ2v) is 8.25. The van der Waals surface area contributed by atoms with Crippen LogP contribution in [-0.4, -0.2) is 50.0 Å². The smallest absolute Gasteiger partial charge is 0.213 e. The van der Waals surface area contributed by atoms with Gasteiger partial charge in [-0.05, 0) is 30.7 Å². The SMILES string of the molecule is CCc1nn2c(-c3ccc(N(C)C)cc3)c(-c3cc(OC)c(OC)c(OC)c3)nc2s1. The molecule has 0 atom stereocenters. The van der Waals surface area contributed by atoms with Crippen LogP contribution in [0, 0.1) is 0 Å². The van der Waals surface area contributed by atoms with Crippen molar-refractivity contribution in [1.82, 2.24) is 14.6 Å². The van der Waals surface area contributed by atoms with Gasteiger partial charge in [0.2, 0.25) is 10.7 Å². The fourth-order valence-electron chi connectivity index (χ4n) is 3.53. The second kappa shape index (κ2) is 8.47. The molecule has 0 fully saturated rings. The van der Waals surface area contributed by atoms with Crippen molar-refractivity contribution in [2.45, 2.75) is 13.3 Å². The van der Waals surface area contributed by atoms with E-state index in [2.05, 4.69) is 36.1 Å². The predicted molar refractivity (Wildman–Crippen MR) is 125 cm³/mol. The van der Waals surface area contributed by atoms with Crippen molar-refractivity contribution in [3.8, 4) is 39.8 Å². The molecule has 0 aliphatic carbocycles. The number of anilines is 1. The molecule has 0 saturated heterocycles. The van der Waals surface area contributed by atoms with Gasteiger partial charge < -0.3 is 19.1 Å². The Morgan fingerprint density at radius 1 is 0.935 bits per heavy atom. The number of nitrogens with zero attached hydrogens (tertiary/aromatic N) is 4. The Kier molecular flexibility index (Phi) is 5.73. The lowest BCUT2D eigenvalue weighted by Gasteiger charge is -2.15. The molecule has 0 amide bonds. The molecule has 0 bridgehead atoms. The van der Waals surface area contributed by atoms with E-state index in [1.54, 1.807) is 32.7 Å². The summed E-state index contributed by atoms with van der Waals surface area (Å²) in [5.41, 5.74) is 4.79. The fraction of sp³-hybridized carbons (Fsp3) is 0.304. The van der Waals surface area contributed by atoms with Gasteiger partial charge in [-0.15, -0.1) is 0 Å². The third-order valence-corrected chi connectivity index (χ3v) is 6.20. The molecule has 7 nitrogen and oxygen atoms in total. The lowest BCUT2D eigenvalue weighted by molar-refractivity contribution is 0.324. The van der Waals surface area contributed by atoms with Crippen molar-refractivity contribution in [2.24, 2.45) is 0 Å². The van der Waals surface area contributed by atoms with E-state index in [1.807, 2.05) is 30.7 Å². The van der Waals surface area contributed by atoms with Gasteiger partial charge in [-0.3, -0.25) is 0 Å². The van der Waals surface area contributed by atoms with Crippen LogP contribution in [0.5, 0.6) is 17.2 Å². The zero-order valence-electron chi connectivity index (χ0n) is 18.6. The topological polar surface area (TPSA) is 61.1 Å². The highest BCUT2D eigenvalue weighted by atomic mass is 32.1. The van der Waals surface area contributed by atoms with Gasteiger partial charge in [0.25, 0.3) is 0 Å². The van der Waals surface area contributed by atoms with Crippen LogP contribution in [0.25, 0.3) is 27.5 Å². The van der Waals surface area contributed by atoms with Gasteiger partial charge in [-0.2, -0.15) is 5.10 Å². The number of hydrogen-bond donors (Lipinski definition) is 0. The zero-order valence-corrected chi connectivity index (χ0v) is 19.4. The number of imidazole rings is 1. The van der Waals surface area contributed by atoms with E-state index in [4.69, 9.17) is 24.3 Å². The Hall–Kier alpha value is -3.26. The predicted octanol–water partition coefficient (Wildman–Crippen LogP) is 4.78. The van der Waals surface area contributed by atoms with Gasteiger partial charge >= 0.3 is 0 Å². The number of methoxy groups -OCH3 is 3. The van der Waals surface area contributed by atoms with Crippen molar-refractivity contribution in [1.29, 1.82) is 0 Å². The van der Waals surface area contributed by atoms with E-state index in [1.165, 1.54) is 0 Å². The largest absolute Gasteiger partial charge is 0.493 e. The van der Waals surface area contributed by atoms with Gasteiger partial charge in [-0.25, -0.2) is 9.50 Å². The summed E-state index contributed by atoms with van der Waals surface area (Å²) >= 11 is 1.60. The number of hydrogen-bond acceptors (Lipinski definition) is 7. The highest BCUT2D eigenvalue weighted by molar-refractivity contribution is 7.16. The molecular formula is C23H26N4O3S. The summed E-state index contributed by atoms with van der Waals surface area (Å²) < 4.78 is 18.5. The minimum Gasteiger partial charge on any atom is -0.493 e. The van der Waals surface area contributed by atoms with Gasteiger partial charge in [0.15, 0.2) is 11.5 Å². The molecule has 2 heterocycles. The van der Waals surface area contributed by atoms with Crippen LogP contribution in [0.3, 0.4) is 0 Å². The summed E-state index contributed by atoms with van der Waals surface area (Å²) in [4.78, 5) is 7.88.